The van der Waals surface area contributed by atoms with E-state index in [-0.39, 0.29) is 0 Å². The highest BCUT2D eigenvalue weighted by molar-refractivity contribution is 5.25. The standard InChI is InChI=1S/C23H39F3N/c1-4-7-10-16-27(17-11-8-5-2,18-12-9-6-3)20-21-14-13-15-22(19-21)23(24,25)26/h13-15,19H,4-12,16-18,20H2,1-3H3/q+1. The summed E-state index contributed by atoms with van der Waals surface area (Å²) in [5, 5.41) is 0. The normalized spacial score (nSPS) is 12.5. The first kappa shape index (κ1) is 24.0. The largest absolute Gasteiger partial charge is 0.416 e. The van der Waals surface area contributed by atoms with Gasteiger partial charge in [0.1, 0.15) is 6.54 Å². The van der Waals surface area contributed by atoms with E-state index in [1.807, 2.05) is 6.07 Å². The van der Waals surface area contributed by atoms with E-state index in [1.165, 1.54) is 50.7 Å². The fraction of sp³-hybridized carbons (Fsp3) is 0.739. The van der Waals surface area contributed by atoms with Crippen molar-refractivity contribution in [1.82, 2.24) is 0 Å². The Morgan fingerprint density at radius 2 is 1.22 bits per heavy atom. The Morgan fingerprint density at radius 3 is 1.63 bits per heavy atom. The van der Waals surface area contributed by atoms with Crippen LogP contribution in [0.3, 0.4) is 0 Å². The van der Waals surface area contributed by atoms with Crippen LogP contribution >= 0.6 is 0 Å². The average Bonchev–Trinajstić information content (AvgIpc) is 2.62. The number of rotatable bonds is 14. The molecule has 0 aliphatic rings. The van der Waals surface area contributed by atoms with E-state index >= 15 is 0 Å². The highest BCUT2D eigenvalue weighted by Crippen LogP contribution is 2.30. The van der Waals surface area contributed by atoms with E-state index in [1.54, 1.807) is 6.07 Å². The van der Waals surface area contributed by atoms with Crippen molar-refractivity contribution >= 4 is 0 Å². The van der Waals surface area contributed by atoms with Crippen LogP contribution in [-0.2, 0) is 12.7 Å². The van der Waals surface area contributed by atoms with Gasteiger partial charge in [-0.2, -0.15) is 13.2 Å². The van der Waals surface area contributed by atoms with Crippen LogP contribution in [-0.4, -0.2) is 24.1 Å². The molecular formula is C23H39F3N+. The molecule has 0 N–H and O–H groups in total. The van der Waals surface area contributed by atoms with Crippen LogP contribution in [0, 0.1) is 0 Å². The summed E-state index contributed by atoms with van der Waals surface area (Å²) in [5.41, 5.74) is 0.308. The number of alkyl halides is 3. The van der Waals surface area contributed by atoms with Gasteiger partial charge < -0.3 is 4.48 Å². The Kier molecular flexibility index (Phi) is 11.1. The topological polar surface area (TPSA) is 0 Å². The highest BCUT2D eigenvalue weighted by Gasteiger charge is 2.32. The molecule has 156 valence electrons. The third kappa shape index (κ3) is 9.14. The lowest BCUT2D eigenvalue weighted by molar-refractivity contribution is -0.941. The van der Waals surface area contributed by atoms with Crippen molar-refractivity contribution in [3.63, 3.8) is 0 Å². The SMILES string of the molecule is CCCCC[N+](CCCCC)(CCCCC)Cc1cccc(C(F)(F)F)c1. The van der Waals surface area contributed by atoms with E-state index in [4.69, 9.17) is 0 Å². The first-order chi connectivity index (χ1) is 12.9. The van der Waals surface area contributed by atoms with Crippen LogP contribution in [0.25, 0.3) is 0 Å². The molecule has 0 saturated carbocycles. The summed E-state index contributed by atoms with van der Waals surface area (Å²) in [6.45, 7) is 10.6. The molecule has 4 heteroatoms. The fourth-order valence-electron chi connectivity index (χ4n) is 3.90. The van der Waals surface area contributed by atoms with Crippen molar-refractivity contribution in [3.05, 3.63) is 35.4 Å². The predicted molar refractivity (Wildman–Crippen MR) is 109 cm³/mol. The zero-order valence-corrected chi connectivity index (χ0v) is 17.6. The molecule has 0 aromatic heterocycles. The maximum atomic E-state index is 13.1. The van der Waals surface area contributed by atoms with E-state index in [0.717, 1.165) is 55.5 Å². The fourth-order valence-corrected chi connectivity index (χ4v) is 3.90. The van der Waals surface area contributed by atoms with Crippen LogP contribution in [0.1, 0.15) is 89.7 Å². The zero-order valence-electron chi connectivity index (χ0n) is 17.6. The minimum absolute atomic E-state index is 0.520. The third-order valence-electron chi connectivity index (χ3n) is 5.48. The van der Waals surface area contributed by atoms with Crippen molar-refractivity contribution < 1.29 is 17.7 Å². The van der Waals surface area contributed by atoms with Gasteiger partial charge in [0.25, 0.3) is 0 Å². The Bertz CT molecular complexity index is 484. The Morgan fingerprint density at radius 1 is 0.741 bits per heavy atom. The van der Waals surface area contributed by atoms with Gasteiger partial charge in [-0.05, 0) is 50.7 Å². The van der Waals surface area contributed by atoms with Gasteiger partial charge in [0.2, 0.25) is 0 Å². The number of nitrogens with zero attached hydrogens (tertiary/aromatic N) is 1. The van der Waals surface area contributed by atoms with Crippen molar-refractivity contribution in [1.29, 1.82) is 0 Å². The van der Waals surface area contributed by atoms with Crippen molar-refractivity contribution in [2.75, 3.05) is 19.6 Å². The molecule has 0 aliphatic heterocycles. The number of unbranched alkanes of at least 4 members (excludes halogenated alkanes) is 6. The Hall–Kier alpha value is -1.03. The predicted octanol–water partition coefficient (Wildman–Crippen LogP) is 7.59. The minimum Gasteiger partial charge on any atom is -0.320 e. The summed E-state index contributed by atoms with van der Waals surface area (Å²) in [4.78, 5) is 0. The Balaban J connectivity index is 3.03. The van der Waals surface area contributed by atoms with Gasteiger partial charge >= 0.3 is 6.18 Å². The summed E-state index contributed by atoms with van der Waals surface area (Å²) >= 11 is 0. The second-order valence-electron chi connectivity index (χ2n) is 7.99. The summed E-state index contributed by atoms with van der Waals surface area (Å²) in [6, 6.07) is 5.99. The molecule has 0 amide bonds. The van der Waals surface area contributed by atoms with Crippen LogP contribution in [0.2, 0.25) is 0 Å². The first-order valence-corrected chi connectivity index (χ1v) is 10.9. The summed E-state index contributed by atoms with van der Waals surface area (Å²) < 4.78 is 40.4. The second kappa shape index (κ2) is 12.4. The summed E-state index contributed by atoms with van der Waals surface area (Å²) in [7, 11) is 0. The summed E-state index contributed by atoms with van der Waals surface area (Å²) in [5.74, 6) is 0. The molecule has 1 aromatic rings. The van der Waals surface area contributed by atoms with Crippen LogP contribution in [0.5, 0.6) is 0 Å². The van der Waals surface area contributed by atoms with Crippen LogP contribution in [0.4, 0.5) is 13.2 Å². The lowest BCUT2D eigenvalue weighted by atomic mass is 10.1. The lowest BCUT2D eigenvalue weighted by Crippen LogP contribution is -2.49. The summed E-state index contributed by atoms with van der Waals surface area (Å²) in [6.07, 6.45) is 6.33. The number of hydrogen-bond acceptors (Lipinski definition) is 0. The van der Waals surface area contributed by atoms with E-state index in [0.29, 0.717) is 0 Å². The van der Waals surface area contributed by atoms with Crippen molar-refractivity contribution in [2.45, 2.75) is 91.3 Å². The van der Waals surface area contributed by atoms with Gasteiger partial charge in [-0.3, -0.25) is 0 Å². The van der Waals surface area contributed by atoms with Gasteiger partial charge in [0.05, 0.1) is 25.2 Å². The average molecular weight is 387 g/mol. The number of quaternary nitrogens is 1. The first-order valence-electron chi connectivity index (χ1n) is 10.9. The molecule has 0 saturated heterocycles. The highest BCUT2D eigenvalue weighted by atomic mass is 19.4. The number of benzene rings is 1. The van der Waals surface area contributed by atoms with Crippen LogP contribution < -0.4 is 0 Å². The molecule has 0 atom stereocenters. The maximum Gasteiger partial charge on any atom is 0.416 e. The molecular weight excluding hydrogens is 347 g/mol. The van der Waals surface area contributed by atoms with E-state index < -0.39 is 11.7 Å². The molecule has 0 aliphatic carbocycles. The van der Waals surface area contributed by atoms with Gasteiger partial charge in [0, 0.05) is 5.56 Å². The molecule has 1 aromatic carbocycles. The van der Waals surface area contributed by atoms with Crippen molar-refractivity contribution in [3.8, 4) is 0 Å². The van der Waals surface area contributed by atoms with Crippen molar-refractivity contribution in [2.24, 2.45) is 0 Å². The van der Waals surface area contributed by atoms with Gasteiger partial charge in [-0.15, -0.1) is 0 Å². The molecule has 1 rings (SSSR count). The molecule has 0 bridgehead atoms. The van der Waals surface area contributed by atoms with E-state index in [9.17, 15) is 13.2 Å². The monoisotopic (exact) mass is 386 g/mol. The molecule has 0 fully saturated rings. The number of hydrogen-bond donors (Lipinski definition) is 0. The maximum absolute atomic E-state index is 13.1. The van der Waals surface area contributed by atoms with Gasteiger partial charge in [0.15, 0.2) is 0 Å². The minimum atomic E-state index is -4.27. The van der Waals surface area contributed by atoms with E-state index in [2.05, 4.69) is 20.8 Å². The second-order valence-corrected chi connectivity index (χ2v) is 7.99. The smallest absolute Gasteiger partial charge is 0.320 e. The van der Waals surface area contributed by atoms with Crippen LogP contribution in [0.15, 0.2) is 24.3 Å². The lowest BCUT2D eigenvalue weighted by Gasteiger charge is -2.39. The molecule has 27 heavy (non-hydrogen) atoms. The molecule has 0 spiro atoms. The Labute approximate surface area is 164 Å². The molecule has 0 unspecified atom stereocenters. The van der Waals surface area contributed by atoms with Gasteiger partial charge in [-0.1, -0.05) is 52.2 Å². The number of halogens is 3. The zero-order chi connectivity index (χ0) is 20.2. The quantitative estimate of drug-likeness (QED) is 0.228. The third-order valence-corrected chi connectivity index (χ3v) is 5.48. The molecule has 0 radical (unpaired) electrons. The van der Waals surface area contributed by atoms with Gasteiger partial charge in [-0.25, -0.2) is 0 Å². The molecule has 1 nitrogen and oxygen atoms in total. The molecule has 0 heterocycles.